The SMILES string of the molecule is CC1Cc2cc3c(cc2C1(C)C)C(c1ccccc1)=c1cc2c(cc1O3)=NC(C)C2(C)C. The van der Waals surface area contributed by atoms with E-state index in [0.717, 1.165) is 23.3 Å². The molecule has 2 atom stereocenters. The summed E-state index contributed by atoms with van der Waals surface area (Å²) >= 11 is 0. The summed E-state index contributed by atoms with van der Waals surface area (Å²) in [6, 6.07) is 20.3. The van der Waals surface area contributed by atoms with Crippen LogP contribution >= 0.6 is 0 Å². The lowest BCUT2D eigenvalue weighted by Crippen LogP contribution is -2.30. The van der Waals surface area contributed by atoms with Gasteiger partial charge in [0.05, 0.1) is 11.4 Å². The Kier molecular flexibility index (Phi) is 3.92. The first-order valence-corrected chi connectivity index (χ1v) is 11.9. The fraction of sp³-hybridized carbons (Fsp3) is 0.367. The highest BCUT2D eigenvalue weighted by Gasteiger charge is 2.39. The van der Waals surface area contributed by atoms with Crippen molar-refractivity contribution in [1.29, 1.82) is 0 Å². The van der Waals surface area contributed by atoms with E-state index in [0.29, 0.717) is 5.92 Å². The molecule has 3 aromatic rings. The van der Waals surface area contributed by atoms with Crippen molar-refractivity contribution in [1.82, 2.24) is 0 Å². The molecule has 3 aliphatic rings. The zero-order valence-corrected chi connectivity index (χ0v) is 19.9. The van der Waals surface area contributed by atoms with Crippen molar-refractivity contribution in [2.24, 2.45) is 10.9 Å². The first-order chi connectivity index (χ1) is 15.2. The molecule has 0 aromatic heterocycles. The number of hydrogen-bond acceptors (Lipinski definition) is 2. The van der Waals surface area contributed by atoms with Gasteiger partial charge < -0.3 is 4.74 Å². The lowest BCUT2D eigenvalue weighted by atomic mass is 9.78. The maximum Gasteiger partial charge on any atom is 0.137 e. The van der Waals surface area contributed by atoms with Crippen molar-refractivity contribution in [2.45, 2.75) is 64.8 Å². The third kappa shape index (κ3) is 2.56. The Morgan fingerprint density at radius 3 is 2.34 bits per heavy atom. The van der Waals surface area contributed by atoms with Gasteiger partial charge >= 0.3 is 0 Å². The topological polar surface area (TPSA) is 21.6 Å². The summed E-state index contributed by atoms with van der Waals surface area (Å²) in [7, 11) is 0. The highest BCUT2D eigenvalue weighted by molar-refractivity contribution is 5.86. The van der Waals surface area contributed by atoms with Crippen molar-refractivity contribution >= 4 is 5.57 Å². The molecule has 2 aliphatic heterocycles. The molecule has 0 spiro atoms. The van der Waals surface area contributed by atoms with Crippen LogP contribution in [0.25, 0.3) is 5.57 Å². The molecule has 0 bridgehead atoms. The fourth-order valence-corrected chi connectivity index (χ4v) is 5.77. The standard InChI is InChI=1S/C30H31NO/c1-17-12-20-13-26-21(14-23(20)29(17,3)4)28(19-10-8-7-9-11-19)22-15-24-25(16-27(22)32-26)31-18(2)30(24,5)6/h7-11,13-18H,12H2,1-6H3. The Bertz CT molecular complexity index is 1390. The monoisotopic (exact) mass is 421 g/mol. The van der Waals surface area contributed by atoms with Crippen LogP contribution < -0.4 is 15.3 Å². The first-order valence-electron chi connectivity index (χ1n) is 11.9. The van der Waals surface area contributed by atoms with Gasteiger partial charge in [-0.3, -0.25) is 4.99 Å². The smallest absolute Gasteiger partial charge is 0.137 e. The van der Waals surface area contributed by atoms with Crippen LogP contribution in [0.5, 0.6) is 11.5 Å². The number of benzene rings is 3. The average molecular weight is 422 g/mol. The Morgan fingerprint density at radius 2 is 1.59 bits per heavy atom. The molecule has 2 heterocycles. The number of ether oxygens (including phenoxy) is 1. The zero-order chi connectivity index (χ0) is 22.4. The first kappa shape index (κ1) is 19.8. The molecular weight excluding hydrogens is 390 g/mol. The molecule has 0 fully saturated rings. The molecule has 32 heavy (non-hydrogen) atoms. The van der Waals surface area contributed by atoms with Gasteiger partial charge in [-0.15, -0.1) is 0 Å². The summed E-state index contributed by atoms with van der Waals surface area (Å²) < 4.78 is 6.61. The Balaban J connectivity index is 1.71. The van der Waals surface area contributed by atoms with Crippen molar-refractivity contribution in [2.75, 3.05) is 0 Å². The van der Waals surface area contributed by atoms with Gasteiger partial charge in [-0.1, -0.05) is 65.0 Å². The molecule has 0 radical (unpaired) electrons. The zero-order valence-electron chi connectivity index (χ0n) is 19.9. The van der Waals surface area contributed by atoms with Crippen molar-refractivity contribution in [3.05, 3.63) is 93.0 Å². The van der Waals surface area contributed by atoms with E-state index < -0.39 is 0 Å². The van der Waals surface area contributed by atoms with Crippen LogP contribution in [0.15, 0.2) is 59.6 Å². The van der Waals surface area contributed by atoms with Crippen LogP contribution in [-0.2, 0) is 17.3 Å². The third-order valence-corrected chi connectivity index (χ3v) is 8.65. The molecule has 2 unspecified atom stereocenters. The van der Waals surface area contributed by atoms with Crippen LogP contribution in [0.4, 0.5) is 0 Å². The predicted octanol–water partition coefficient (Wildman–Crippen LogP) is 5.81. The molecule has 0 saturated carbocycles. The van der Waals surface area contributed by atoms with Gasteiger partial charge in [0, 0.05) is 27.8 Å². The van der Waals surface area contributed by atoms with Crippen molar-refractivity contribution < 1.29 is 4.74 Å². The highest BCUT2D eigenvalue weighted by atomic mass is 16.5. The van der Waals surface area contributed by atoms with Gasteiger partial charge in [-0.25, -0.2) is 0 Å². The van der Waals surface area contributed by atoms with E-state index in [4.69, 9.17) is 9.73 Å². The Morgan fingerprint density at radius 1 is 0.844 bits per heavy atom. The highest BCUT2D eigenvalue weighted by Crippen LogP contribution is 2.48. The Labute approximate surface area is 190 Å². The van der Waals surface area contributed by atoms with Crippen LogP contribution in [0.3, 0.4) is 0 Å². The second-order valence-electron chi connectivity index (χ2n) is 11.1. The molecule has 162 valence electrons. The minimum atomic E-state index is 0.0157. The van der Waals surface area contributed by atoms with Crippen molar-refractivity contribution in [3.63, 3.8) is 0 Å². The molecule has 3 aromatic carbocycles. The minimum Gasteiger partial charge on any atom is -0.456 e. The summed E-state index contributed by atoms with van der Waals surface area (Å²) in [4.78, 5) is 4.96. The van der Waals surface area contributed by atoms with Gasteiger partial charge in [0.25, 0.3) is 0 Å². The Hall–Kier alpha value is -2.87. The largest absolute Gasteiger partial charge is 0.456 e. The van der Waals surface area contributed by atoms with E-state index in [9.17, 15) is 0 Å². The second-order valence-corrected chi connectivity index (χ2v) is 11.1. The summed E-state index contributed by atoms with van der Waals surface area (Å²) in [5, 5.41) is 2.26. The average Bonchev–Trinajstić information content (AvgIpc) is 3.11. The summed E-state index contributed by atoms with van der Waals surface area (Å²) in [6.07, 6.45) is 1.11. The molecule has 6 rings (SSSR count). The van der Waals surface area contributed by atoms with Crippen LogP contribution in [0, 0.1) is 5.92 Å². The lowest BCUT2D eigenvalue weighted by Gasteiger charge is -2.28. The van der Waals surface area contributed by atoms with Gasteiger partial charge in [0.15, 0.2) is 0 Å². The second kappa shape index (κ2) is 6.34. The lowest BCUT2D eigenvalue weighted by molar-refractivity contribution is 0.379. The van der Waals surface area contributed by atoms with Gasteiger partial charge in [0.1, 0.15) is 11.5 Å². The normalized spacial score (nSPS) is 23.5. The molecule has 0 saturated heterocycles. The van der Waals surface area contributed by atoms with Crippen molar-refractivity contribution in [3.8, 4) is 11.5 Å². The minimum absolute atomic E-state index is 0.0157. The van der Waals surface area contributed by atoms with E-state index in [1.165, 1.54) is 38.6 Å². The number of fused-ring (bicyclic) bond motifs is 4. The summed E-state index contributed by atoms with van der Waals surface area (Å²) in [5.41, 5.74) is 8.13. The van der Waals surface area contributed by atoms with E-state index in [2.05, 4.69) is 96.1 Å². The number of rotatable bonds is 1. The quantitative estimate of drug-likeness (QED) is 0.380. The number of hydrogen-bond donors (Lipinski definition) is 0. The molecule has 2 heteroatoms. The summed E-state index contributed by atoms with van der Waals surface area (Å²) in [5.74, 6) is 2.52. The van der Waals surface area contributed by atoms with E-state index in [1.54, 1.807) is 0 Å². The van der Waals surface area contributed by atoms with E-state index in [-0.39, 0.29) is 16.9 Å². The molecule has 0 N–H and O–H groups in total. The maximum absolute atomic E-state index is 6.61. The number of nitrogens with zero attached hydrogens (tertiary/aromatic N) is 1. The third-order valence-electron chi connectivity index (χ3n) is 8.65. The molecule has 1 aliphatic carbocycles. The molecular formula is C30H31NO. The van der Waals surface area contributed by atoms with Gasteiger partial charge in [0.2, 0.25) is 0 Å². The molecule has 0 amide bonds. The van der Waals surface area contributed by atoms with Crippen LogP contribution in [0.2, 0.25) is 0 Å². The predicted molar refractivity (Wildman–Crippen MR) is 130 cm³/mol. The van der Waals surface area contributed by atoms with Crippen LogP contribution in [-0.4, -0.2) is 6.04 Å². The maximum atomic E-state index is 6.61. The van der Waals surface area contributed by atoms with Gasteiger partial charge in [-0.2, -0.15) is 0 Å². The van der Waals surface area contributed by atoms with E-state index in [1.807, 2.05) is 0 Å². The van der Waals surface area contributed by atoms with Crippen LogP contribution in [0.1, 0.15) is 69.4 Å². The summed E-state index contributed by atoms with van der Waals surface area (Å²) in [6.45, 7) is 13.9. The van der Waals surface area contributed by atoms with Gasteiger partial charge in [-0.05, 0) is 65.1 Å². The molecule has 2 nitrogen and oxygen atoms in total. The fourth-order valence-electron chi connectivity index (χ4n) is 5.77. The van der Waals surface area contributed by atoms with E-state index >= 15 is 0 Å².